The quantitative estimate of drug-likeness (QED) is 0.883. The molecule has 0 spiro atoms. The van der Waals surface area contributed by atoms with E-state index in [2.05, 4.69) is 0 Å². The van der Waals surface area contributed by atoms with Crippen molar-refractivity contribution in [2.45, 2.75) is 17.6 Å². The highest BCUT2D eigenvalue weighted by Crippen LogP contribution is 2.20. The van der Waals surface area contributed by atoms with Gasteiger partial charge in [-0.15, -0.1) is 0 Å². The first-order valence-electron chi connectivity index (χ1n) is 5.94. The lowest BCUT2D eigenvalue weighted by Crippen LogP contribution is -2.01. The van der Waals surface area contributed by atoms with E-state index in [0.29, 0.717) is 16.1 Å². The molecule has 102 valence electrons. The number of nitriles is 1. The van der Waals surface area contributed by atoms with Gasteiger partial charge in [0.25, 0.3) is 0 Å². The Hall–Kier alpha value is -2.19. The first kappa shape index (κ1) is 14.2. The Bertz CT molecular complexity index is 722. The Labute approximate surface area is 119 Å². The van der Waals surface area contributed by atoms with Crippen LogP contribution in [0.1, 0.15) is 16.7 Å². The number of nitrogens with two attached hydrogens (primary N) is 1. The lowest BCUT2D eigenvalue weighted by atomic mass is 10.1. The molecule has 20 heavy (non-hydrogen) atoms. The summed E-state index contributed by atoms with van der Waals surface area (Å²) in [5.41, 5.74) is 7.80. The molecule has 2 rings (SSSR count). The summed E-state index contributed by atoms with van der Waals surface area (Å²) >= 11 is 0. The van der Waals surface area contributed by atoms with E-state index < -0.39 is 16.6 Å². The number of hydrogen-bond donors (Lipinski definition) is 1. The second-order valence-electron chi connectivity index (χ2n) is 4.43. The molecule has 0 aromatic heterocycles. The average Bonchev–Trinajstić information content (AvgIpc) is 2.44. The number of nitrogens with zero attached hydrogens (tertiary/aromatic N) is 1. The number of aryl methyl sites for hydroxylation is 1. The number of hydrogen-bond acceptors (Lipinski definition) is 3. The maximum Gasteiger partial charge on any atom is 0.127 e. The standard InChI is InChI=1S/C15H13FN2OS/c1-10-6-13(3-5-15(10)18)20(19)9-12-7-11(8-17)2-4-14(12)16/h2-7H,9,18H2,1H3. The van der Waals surface area contributed by atoms with Crippen molar-refractivity contribution in [1.29, 1.82) is 5.26 Å². The molecule has 0 aliphatic carbocycles. The van der Waals surface area contributed by atoms with Gasteiger partial charge in [-0.25, -0.2) is 4.39 Å². The predicted molar refractivity (Wildman–Crippen MR) is 76.8 cm³/mol. The minimum atomic E-state index is -1.38. The van der Waals surface area contributed by atoms with Gasteiger partial charge in [-0.05, 0) is 48.9 Å². The summed E-state index contributed by atoms with van der Waals surface area (Å²) in [7, 11) is -1.38. The van der Waals surface area contributed by atoms with Crippen molar-refractivity contribution >= 4 is 16.5 Å². The summed E-state index contributed by atoms with van der Waals surface area (Å²) in [5, 5.41) is 8.81. The third kappa shape index (κ3) is 3.03. The van der Waals surface area contributed by atoms with Crippen LogP contribution >= 0.6 is 0 Å². The summed E-state index contributed by atoms with van der Waals surface area (Å²) in [6.45, 7) is 1.83. The predicted octanol–water partition coefficient (Wildman–Crippen LogP) is 2.90. The van der Waals surface area contributed by atoms with Gasteiger partial charge in [0.05, 0.1) is 28.2 Å². The van der Waals surface area contributed by atoms with Gasteiger partial charge in [0, 0.05) is 16.1 Å². The minimum Gasteiger partial charge on any atom is -0.399 e. The minimum absolute atomic E-state index is 0.0325. The molecule has 0 aliphatic rings. The lowest BCUT2D eigenvalue weighted by molar-refractivity contribution is 0.615. The maximum atomic E-state index is 13.7. The fourth-order valence-corrected chi connectivity index (χ4v) is 2.97. The van der Waals surface area contributed by atoms with Crippen molar-refractivity contribution in [3.63, 3.8) is 0 Å². The Morgan fingerprint density at radius 3 is 2.70 bits per heavy atom. The normalized spacial score (nSPS) is 11.8. The van der Waals surface area contributed by atoms with Gasteiger partial charge in [-0.2, -0.15) is 5.26 Å². The third-order valence-electron chi connectivity index (χ3n) is 2.97. The zero-order valence-electron chi connectivity index (χ0n) is 10.9. The number of benzene rings is 2. The second kappa shape index (κ2) is 5.85. The molecule has 0 amide bonds. The first-order chi connectivity index (χ1) is 9.51. The highest BCUT2D eigenvalue weighted by atomic mass is 32.2. The maximum absolute atomic E-state index is 13.7. The largest absolute Gasteiger partial charge is 0.399 e. The molecule has 0 heterocycles. The van der Waals surface area contributed by atoms with E-state index in [4.69, 9.17) is 11.0 Å². The highest BCUT2D eigenvalue weighted by Gasteiger charge is 2.11. The zero-order valence-corrected chi connectivity index (χ0v) is 11.7. The van der Waals surface area contributed by atoms with Crippen LogP contribution < -0.4 is 5.73 Å². The van der Waals surface area contributed by atoms with Gasteiger partial charge < -0.3 is 5.73 Å². The average molecular weight is 288 g/mol. The van der Waals surface area contributed by atoms with E-state index in [1.807, 2.05) is 13.0 Å². The van der Waals surface area contributed by atoms with Crippen molar-refractivity contribution in [2.75, 3.05) is 5.73 Å². The molecule has 0 fully saturated rings. The number of rotatable bonds is 3. The van der Waals surface area contributed by atoms with Crippen molar-refractivity contribution in [2.24, 2.45) is 0 Å². The molecule has 0 radical (unpaired) electrons. The van der Waals surface area contributed by atoms with Crippen molar-refractivity contribution in [3.05, 3.63) is 58.9 Å². The molecule has 3 nitrogen and oxygen atoms in total. The third-order valence-corrected chi connectivity index (χ3v) is 4.32. The number of nitrogen functional groups attached to an aromatic ring is 1. The van der Waals surface area contributed by atoms with Crippen LogP contribution in [0.5, 0.6) is 0 Å². The Morgan fingerprint density at radius 1 is 1.30 bits per heavy atom. The molecular weight excluding hydrogens is 275 g/mol. The molecule has 0 aliphatic heterocycles. The molecule has 2 N–H and O–H groups in total. The van der Waals surface area contributed by atoms with E-state index in [-0.39, 0.29) is 11.3 Å². The SMILES string of the molecule is Cc1cc(S(=O)Cc2cc(C#N)ccc2F)ccc1N. The Morgan fingerprint density at radius 2 is 2.05 bits per heavy atom. The van der Waals surface area contributed by atoms with Gasteiger partial charge in [0.1, 0.15) is 5.82 Å². The van der Waals surface area contributed by atoms with Crippen LogP contribution in [-0.2, 0) is 16.6 Å². The van der Waals surface area contributed by atoms with Crippen molar-refractivity contribution in [3.8, 4) is 6.07 Å². The van der Waals surface area contributed by atoms with Crippen LogP contribution in [0, 0.1) is 24.1 Å². The summed E-state index contributed by atoms with van der Waals surface area (Å²) < 4.78 is 25.9. The van der Waals surface area contributed by atoms with Gasteiger partial charge >= 0.3 is 0 Å². The van der Waals surface area contributed by atoms with E-state index in [0.717, 1.165) is 5.56 Å². The molecular formula is C15H13FN2OS. The van der Waals surface area contributed by atoms with Crippen LogP contribution in [0.4, 0.5) is 10.1 Å². The Balaban J connectivity index is 2.28. The number of anilines is 1. The van der Waals surface area contributed by atoms with Gasteiger partial charge in [-0.3, -0.25) is 4.21 Å². The van der Waals surface area contributed by atoms with E-state index >= 15 is 0 Å². The van der Waals surface area contributed by atoms with Crippen molar-refractivity contribution in [1.82, 2.24) is 0 Å². The number of halogens is 1. The van der Waals surface area contributed by atoms with Crippen LogP contribution in [0.2, 0.25) is 0 Å². The molecule has 2 aromatic rings. The highest BCUT2D eigenvalue weighted by molar-refractivity contribution is 7.84. The topological polar surface area (TPSA) is 66.9 Å². The van der Waals surface area contributed by atoms with Crippen LogP contribution in [-0.4, -0.2) is 4.21 Å². The first-order valence-corrected chi connectivity index (χ1v) is 7.26. The summed E-state index contributed by atoms with van der Waals surface area (Å²) in [4.78, 5) is 0.596. The fourth-order valence-electron chi connectivity index (χ4n) is 1.77. The zero-order chi connectivity index (χ0) is 14.7. The fraction of sp³-hybridized carbons (Fsp3) is 0.133. The van der Waals surface area contributed by atoms with E-state index in [9.17, 15) is 8.60 Å². The second-order valence-corrected chi connectivity index (χ2v) is 5.88. The molecule has 2 aromatic carbocycles. The summed E-state index contributed by atoms with van der Waals surface area (Å²) in [6, 6.07) is 11.1. The monoisotopic (exact) mass is 288 g/mol. The summed E-state index contributed by atoms with van der Waals surface area (Å²) in [5.74, 6) is -0.422. The van der Waals surface area contributed by atoms with Crippen LogP contribution in [0.3, 0.4) is 0 Å². The molecule has 0 saturated heterocycles. The van der Waals surface area contributed by atoms with Gasteiger partial charge in [0.15, 0.2) is 0 Å². The molecule has 0 bridgehead atoms. The van der Waals surface area contributed by atoms with Gasteiger partial charge in [0.2, 0.25) is 0 Å². The molecule has 1 unspecified atom stereocenters. The molecule has 1 atom stereocenters. The lowest BCUT2D eigenvalue weighted by Gasteiger charge is -2.07. The van der Waals surface area contributed by atoms with Crippen LogP contribution in [0.25, 0.3) is 0 Å². The molecule has 5 heteroatoms. The Kier molecular flexibility index (Phi) is 4.16. The van der Waals surface area contributed by atoms with E-state index in [1.165, 1.54) is 18.2 Å². The van der Waals surface area contributed by atoms with E-state index in [1.54, 1.807) is 18.2 Å². The summed E-state index contributed by atoms with van der Waals surface area (Å²) in [6.07, 6.45) is 0. The van der Waals surface area contributed by atoms with Gasteiger partial charge in [-0.1, -0.05) is 0 Å². The van der Waals surface area contributed by atoms with Crippen molar-refractivity contribution < 1.29 is 8.60 Å². The smallest absolute Gasteiger partial charge is 0.127 e. The molecule has 0 saturated carbocycles. The van der Waals surface area contributed by atoms with Crippen LogP contribution in [0.15, 0.2) is 41.3 Å².